The maximum atomic E-state index is 10.9. The highest BCUT2D eigenvalue weighted by Gasteiger charge is 2.02. The lowest BCUT2D eigenvalue weighted by Crippen LogP contribution is -1.90. The molecular formula is C8H4N2O2. The minimum absolute atomic E-state index is 0.411. The van der Waals surface area contributed by atoms with Gasteiger partial charge in [-0.15, -0.1) is 0 Å². The summed E-state index contributed by atoms with van der Waals surface area (Å²) in [6.45, 7) is 0. The molecule has 1 aromatic carbocycles. The zero-order valence-electron chi connectivity index (χ0n) is 6.00. The Bertz CT molecular complexity index is 516. The summed E-state index contributed by atoms with van der Waals surface area (Å²) >= 11 is 0. The summed E-state index contributed by atoms with van der Waals surface area (Å²) in [5.74, 6) is 0. The molecule has 0 saturated carbocycles. The predicted octanol–water partition coefficient (Wildman–Crippen LogP) is 0.993. The third-order valence-electron chi connectivity index (χ3n) is 1.62. The van der Waals surface area contributed by atoms with Gasteiger partial charge in [-0.25, -0.2) is 9.95 Å². The molecule has 1 N–H and O–H groups in total. The molecule has 0 unspecified atom stereocenters. The summed E-state index contributed by atoms with van der Waals surface area (Å²) in [5, 5.41) is 11.4. The van der Waals surface area contributed by atoms with Crippen molar-refractivity contribution in [3.05, 3.63) is 34.2 Å². The molecule has 2 rings (SSSR count). The number of fused-ring (bicyclic) bond motifs is 1. The lowest BCUT2D eigenvalue weighted by molar-refractivity contribution is 0.400. The van der Waals surface area contributed by atoms with Gasteiger partial charge in [0.05, 0.1) is 22.5 Å². The van der Waals surface area contributed by atoms with E-state index in [1.54, 1.807) is 12.1 Å². The van der Waals surface area contributed by atoms with Crippen molar-refractivity contribution in [2.75, 3.05) is 0 Å². The van der Waals surface area contributed by atoms with Crippen molar-refractivity contribution >= 4 is 10.9 Å². The van der Waals surface area contributed by atoms with E-state index in [0.717, 1.165) is 0 Å². The Labute approximate surface area is 67.0 Å². The first-order valence-corrected chi connectivity index (χ1v) is 3.32. The van der Waals surface area contributed by atoms with Crippen LogP contribution >= 0.6 is 0 Å². The van der Waals surface area contributed by atoms with Crippen LogP contribution in [0, 0.1) is 11.3 Å². The highest BCUT2D eigenvalue weighted by atomic mass is 16.5. The molecule has 4 heteroatoms. The zero-order valence-corrected chi connectivity index (χ0v) is 6.00. The molecule has 0 atom stereocenters. The SMILES string of the molecule is N#Cc1ccc2[nH]oc(=O)c2c1. The minimum atomic E-state index is -0.443. The third-order valence-corrected chi connectivity index (χ3v) is 1.62. The number of benzene rings is 1. The van der Waals surface area contributed by atoms with Crippen LogP contribution in [0.3, 0.4) is 0 Å². The van der Waals surface area contributed by atoms with E-state index in [-0.39, 0.29) is 0 Å². The molecule has 0 saturated heterocycles. The second kappa shape index (κ2) is 2.24. The first kappa shape index (κ1) is 6.68. The van der Waals surface area contributed by atoms with Crippen molar-refractivity contribution in [3.8, 4) is 6.07 Å². The number of hydrogen-bond acceptors (Lipinski definition) is 3. The van der Waals surface area contributed by atoms with E-state index in [1.165, 1.54) is 6.07 Å². The smallest absolute Gasteiger partial charge is 0.338 e. The maximum Gasteiger partial charge on any atom is 0.365 e. The first-order valence-electron chi connectivity index (χ1n) is 3.32. The molecule has 0 spiro atoms. The van der Waals surface area contributed by atoms with Crippen LogP contribution in [0.2, 0.25) is 0 Å². The summed E-state index contributed by atoms with van der Waals surface area (Å²) < 4.78 is 4.52. The van der Waals surface area contributed by atoms with Gasteiger partial charge < -0.3 is 4.52 Å². The predicted molar refractivity (Wildman–Crippen MR) is 41.5 cm³/mol. The molecule has 0 amide bonds. The molecule has 0 aliphatic heterocycles. The average molecular weight is 160 g/mol. The van der Waals surface area contributed by atoms with Gasteiger partial charge in [-0.1, -0.05) is 0 Å². The fourth-order valence-corrected chi connectivity index (χ4v) is 1.03. The van der Waals surface area contributed by atoms with Crippen molar-refractivity contribution in [1.29, 1.82) is 5.26 Å². The number of H-pyrrole nitrogens is 1. The van der Waals surface area contributed by atoms with Crippen LogP contribution in [0.25, 0.3) is 10.9 Å². The largest absolute Gasteiger partial charge is 0.365 e. The van der Waals surface area contributed by atoms with E-state index >= 15 is 0 Å². The number of nitriles is 1. The van der Waals surface area contributed by atoms with Crippen molar-refractivity contribution < 1.29 is 4.52 Å². The van der Waals surface area contributed by atoms with Crippen LogP contribution in [0.4, 0.5) is 0 Å². The number of nitrogens with one attached hydrogen (secondary N) is 1. The molecule has 2 aromatic rings. The van der Waals surface area contributed by atoms with Gasteiger partial charge in [0.15, 0.2) is 0 Å². The van der Waals surface area contributed by atoms with Gasteiger partial charge >= 0.3 is 5.63 Å². The standard InChI is InChI=1S/C8H4N2O2/c9-4-5-1-2-7-6(3-5)8(11)12-10-7/h1-3,10H. The fraction of sp³-hybridized carbons (Fsp3) is 0. The topological polar surface area (TPSA) is 69.8 Å². The van der Waals surface area contributed by atoms with Crippen LogP contribution in [-0.2, 0) is 0 Å². The number of aromatic nitrogens is 1. The molecule has 1 heterocycles. The van der Waals surface area contributed by atoms with Crippen LogP contribution in [-0.4, -0.2) is 5.16 Å². The second-order valence-corrected chi connectivity index (χ2v) is 2.36. The van der Waals surface area contributed by atoms with Crippen molar-refractivity contribution in [3.63, 3.8) is 0 Å². The van der Waals surface area contributed by atoms with Crippen LogP contribution in [0.15, 0.2) is 27.5 Å². The van der Waals surface area contributed by atoms with Crippen LogP contribution < -0.4 is 5.63 Å². The summed E-state index contributed by atoms with van der Waals surface area (Å²) in [6.07, 6.45) is 0. The Morgan fingerprint density at radius 1 is 1.50 bits per heavy atom. The van der Waals surface area contributed by atoms with Crippen LogP contribution in [0.5, 0.6) is 0 Å². The summed E-state index contributed by atoms with van der Waals surface area (Å²) in [5.41, 5.74) is 0.621. The van der Waals surface area contributed by atoms with E-state index in [4.69, 9.17) is 5.26 Å². The van der Waals surface area contributed by atoms with Gasteiger partial charge in [-0.05, 0) is 18.2 Å². The monoisotopic (exact) mass is 160 g/mol. The lowest BCUT2D eigenvalue weighted by atomic mass is 10.2. The average Bonchev–Trinajstić information content (AvgIpc) is 2.47. The summed E-state index contributed by atoms with van der Waals surface area (Å²) in [4.78, 5) is 10.9. The lowest BCUT2D eigenvalue weighted by Gasteiger charge is -1.85. The number of nitrogens with zero attached hydrogens (tertiary/aromatic N) is 1. The molecule has 0 bridgehead atoms. The van der Waals surface area contributed by atoms with Crippen molar-refractivity contribution in [2.45, 2.75) is 0 Å². The highest BCUT2D eigenvalue weighted by molar-refractivity contribution is 5.78. The van der Waals surface area contributed by atoms with E-state index in [1.807, 2.05) is 6.07 Å². The Kier molecular flexibility index (Phi) is 1.25. The number of aromatic amines is 1. The van der Waals surface area contributed by atoms with Gasteiger partial charge in [-0.3, -0.25) is 0 Å². The molecule has 4 nitrogen and oxygen atoms in total. The quantitative estimate of drug-likeness (QED) is 0.624. The van der Waals surface area contributed by atoms with Gasteiger partial charge in [0.2, 0.25) is 0 Å². The van der Waals surface area contributed by atoms with E-state index in [2.05, 4.69) is 9.68 Å². The molecule has 58 valence electrons. The molecule has 0 radical (unpaired) electrons. The Morgan fingerprint density at radius 3 is 3.08 bits per heavy atom. The van der Waals surface area contributed by atoms with Gasteiger partial charge in [0, 0.05) is 0 Å². The van der Waals surface area contributed by atoms with Crippen LogP contribution in [0.1, 0.15) is 5.56 Å². The summed E-state index contributed by atoms with van der Waals surface area (Å²) in [7, 11) is 0. The second-order valence-electron chi connectivity index (χ2n) is 2.36. The molecule has 12 heavy (non-hydrogen) atoms. The number of rotatable bonds is 0. The van der Waals surface area contributed by atoms with Gasteiger partial charge in [0.1, 0.15) is 0 Å². The Hall–Kier alpha value is -2.02. The van der Waals surface area contributed by atoms with Crippen molar-refractivity contribution in [1.82, 2.24) is 5.16 Å². The molecule has 1 aromatic heterocycles. The molecule has 0 aliphatic rings. The first-order chi connectivity index (χ1) is 5.81. The highest BCUT2D eigenvalue weighted by Crippen LogP contribution is 2.08. The van der Waals surface area contributed by atoms with Crippen molar-refractivity contribution in [2.24, 2.45) is 0 Å². The molecular weight excluding hydrogens is 156 g/mol. The normalized spacial score (nSPS) is 9.92. The third kappa shape index (κ3) is 0.805. The maximum absolute atomic E-state index is 10.9. The zero-order chi connectivity index (χ0) is 8.55. The molecule has 0 fully saturated rings. The van der Waals surface area contributed by atoms with E-state index < -0.39 is 5.63 Å². The Morgan fingerprint density at radius 2 is 2.33 bits per heavy atom. The minimum Gasteiger partial charge on any atom is -0.338 e. The molecule has 0 aliphatic carbocycles. The fourth-order valence-electron chi connectivity index (χ4n) is 1.03. The van der Waals surface area contributed by atoms with E-state index in [0.29, 0.717) is 16.5 Å². The van der Waals surface area contributed by atoms with Gasteiger partial charge in [0.25, 0.3) is 0 Å². The Balaban J connectivity index is 2.91. The number of hydrogen-bond donors (Lipinski definition) is 1. The summed E-state index contributed by atoms with van der Waals surface area (Å²) in [6, 6.07) is 6.70. The van der Waals surface area contributed by atoms with Gasteiger partial charge in [-0.2, -0.15) is 5.26 Å². The van der Waals surface area contributed by atoms with E-state index in [9.17, 15) is 4.79 Å².